The van der Waals surface area contributed by atoms with Crippen molar-refractivity contribution in [3.05, 3.63) is 64.8 Å². The second-order valence-corrected chi connectivity index (χ2v) is 7.81. The fourth-order valence-corrected chi connectivity index (χ4v) is 3.55. The van der Waals surface area contributed by atoms with Gasteiger partial charge in [0.15, 0.2) is 5.76 Å². The summed E-state index contributed by atoms with van der Waals surface area (Å²) in [4.78, 5) is 41.2. The van der Waals surface area contributed by atoms with Crippen molar-refractivity contribution in [3.63, 3.8) is 0 Å². The lowest BCUT2D eigenvalue weighted by atomic mass is 10.1. The molecule has 2 heterocycles. The normalized spacial score (nSPS) is 13.3. The summed E-state index contributed by atoms with van der Waals surface area (Å²) in [6, 6.07) is 12.4. The van der Waals surface area contributed by atoms with Gasteiger partial charge in [0.05, 0.1) is 5.39 Å². The van der Waals surface area contributed by atoms with Crippen LogP contribution >= 0.6 is 0 Å². The maximum absolute atomic E-state index is 12.7. The minimum atomic E-state index is -0.508. The molecule has 0 atom stereocenters. The molecule has 164 valence electrons. The summed E-state index contributed by atoms with van der Waals surface area (Å²) < 4.78 is 5.94. The van der Waals surface area contributed by atoms with Crippen molar-refractivity contribution in [2.75, 3.05) is 44.0 Å². The van der Waals surface area contributed by atoms with Gasteiger partial charge in [0.1, 0.15) is 5.58 Å². The molecule has 32 heavy (non-hydrogen) atoms. The number of likely N-dealkylation sites (N-methyl/N-ethyl adjacent to an activating group) is 1. The highest BCUT2D eigenvalue weighted by atomic mass is 16.4. The first-order chi connectivity index (χ1) is 15.3. The molecular formula is C24H23N3O5. The second-order valence-electron chi connectivity index (χ2n) is 7.81. The molecule has 1 aromatic heterocycles. The number of rotatable bonds is 6. The van der Waals surface area contributed by atoms with Crippen molar-refractivity contribution in [2.45, 2.75) is 0 Å². The predicted molar refractivity (Wildman–Crippen MR) is 123 cm³/mol. The molecule has 4 rings (SSSR count). The van der Waals surface area contributed by atoms with Crippen LogP contribution in [-0.4, -0.2) is 56.1 Å². The van der Waals surface area contributed by atoms with E-state index in [0.717, 1.165) is 11.4 Å². The summed E-state index contributed by atoms with van der Waals surface area (Å²) in [6.45, 7) is 0.647. The first-order valence-electron chi connectivity index (χ1n) is 10.1. The minimum Gasteiger partial charge on any atom is -0.502 e. The van der Waals surface area contributed by atoms with E-state index in [0.29, 0.717) is 17.7 Å². The van der Waals surface area contributed by atoms with E-state index in [-0.39, 0.29) is 29.5 Å². The van der Waals surface area contributed by atoms with Crippen LogP contribution in [0.5, 0.6) is 5.75 Å². The number of carbonyl (C=O) groups is 2. The topological polar surface area (TPSA) is 94.3 Å². The van der Waals surface area contributed by atoms with Gasteiger partial charge in [-0.05, 0) is 36.4 Å². The number of nitrogens with zero attached hydrogens (tertiary/aromatic N) is 3. The molecule has 1 N–H and O–H groups in total. The fraction of sp³-hybridized carbons (Fsp3) is 0.208. The highest BCUT2D eigenvalue weighted by Gasteiger charge is 2.23. The van der Waals surface area contributed by atoms with E-state index in [1.165, 1.54) is 17.1 Å². The number of hydrogen-bond acceptors (Lipinski definition) is 7. The van der Waals surface area contributed by atoms with Crippen LogP contribution in [0.3, 0.4) is 0 Å². The monoisotopic (exact) mass is 433 g/mol. The number of carbonyl (C=O) groups excluding carboxylic acids is 2. The molecule has 0 saturated carbocycles. The molecule has 1 aliphatic rings. The Morgan fingerprint density at radius 1 is 0.906 bits per heavy atom. The fourth-order valence-electron chi connectivity index (χ4n) is 3.55. The Labute approximate surface area is 184 Å². The van der Waals surface area contributed by atoms with Gasteiger partial charge < -0.3 is 19.3 Å². The Hall–Kier alpha value is -4.07. The quantitative estimate of drug-likeness (QED) is 0.597. The summed E-state index contributed by atoms with van der Waals surface area (Å²) in [7, 11) is 5.67. The van der Waals surface area contributed by atoms with Gasteiger partial charge in [-0.25, -0.2) is 0 Å². The number of anilines is 2. The molecule has 8 heteroatoms. The van der Waals surface area contributed by atoms with Gasteiger partial charge >= 0.3 is 0 Å². The zero-order valence-corrected chi connectivity index (χ0v) is 18.0. The lowest BCUT2D eigenvalue weighted by molar-refractivity contribution is -0.136. The number of amides is 2. The standard InChI is InChI=1S/C24H23N3O5/c1-25(2)16-6-4-15(5-7-16)24-23(31)22(30)18-9-8-17(14-19(18)32-24)26(3)12-13-27-20(28)10-11-21(27)29/h4-11,14,31H,12-13H2,1-3H3. The Morgan fingerprint density at radius 3 is 2.16 bits per heavy atom. The average Bonchev–Trinajstić information content (AvgIpc) is 3.11. The van der Waals surface area contributed by atoms with E-state index in [4.69, 9.17) is 4.42 Å². The third-order valence-electron chi connectivity index (χ3n) is 5.50. The summed E-state index contributed by atoms with van der Waals surface area (Å²) >= 11 is 0. The highest BCUT2D eigenvalue weighted by Crippen LogP contribution is 2.32. The molecule has 0 bridgehead atoms. The van der Waals surface area contributed by atoms with Gasteiger partial charge in [0.2, 0.25) is 11.2 Å². The van der Waals surface area contributed by atoms with Crippen molar-refractivity contribution in [3.8, 4) is 17.1 Å². The zero-order chi connectivity index (χ0) is 23.0. The molecule has 0 unspecified atom stereocenters. The van der Waals surface area contributed by atoms with Crippen molar-refractivity contribution in [1.82, 2.24) is 4.90 Å². The smallest absolute Gasteiger partial charge is 0.253 e. The number of fused-ring (bicyclic) bond motifs is 1. The van der Waals surface area contributed by atoms with Crippen molar-refractivity contribution < 1.29 is 19.1 Å². The van der Waals surface area contributed by atoms with Crippen molar-refractivity contribution in [1.29, 1.82) is 0 Å². The van der Waals surface area contributed by atoms with Crippen LogP contribution in [0.4, 0.5) is 11.4 Å². The number of hydrogen-bond donors (Lipinski definition) is 1. The molecule has 8 nitrogen and oxygen atoms in total. The molecule has 2 aromatic carbocycles. The largest absolute Gasteiger partial charge is 0.502 e. The Morgan fingerprint density at radius 2 is 1.53 bits per heavy atom. The highest BCUT2D eigenvalue weighted by molar-refractivity contribution is 6.12. The summed E-state index contributed by atoms with van der Waals surface area (Å²) in [5.74, 6) is -0.983. The zero-order valence-electron chi connectivity index (χ0n) is 18.0. The molecule has 0 fully saturated rings. The van der Waals surface area contributed by atoms with Crippen molar-refractivity contribution >= 4 is 34.2 Å². The summed E-state index contributed by atoms with van der Waals surface area (Å²) in [5.41, 5.74) is 2.13. The summed E-state index contributed by atoms with van der Waals surface area (Å²) in [5, 5.41) is 10.7. The lowest BCUT2D eigenvalue weighted by Gasteiger charge is -2.22. The molecule has 1 aliphatic heterocycles. The second kappa shape index (κ2) is 8.22. The molecule has 3 aromatic rings. The van der Waals surface area contributed by atoms with Crippen LogP contribution in [0.25, 0.3) is 22.3 Å². The Balaban J connectivity index is 1.64. The Kier molecular flexibility index (Phi) is 5.44. The van der Waals surface area contributed by atoms with Gasteiger partial charge in [-0.3, -0.25) is 19.3 Å². The average molecular weight is 433 g/mol. The van der Waals surface area contributed by atoms with Gasteiger partial charge in [-0.1, -0.05) is 0 Å². The molecule has 2 amide bonds. The Bertz CT molecular complexity index is 1270. The number of benzene rings is 2. The molecular weight excluding hydrogens is 410 g/mol. The molecule has 0 radical (unpaired) electrons. The number of imide groups is 1. The number of aromatic hydroxyl groups is 1. The van der Waals surface area contributed by atoms with Crippen LogP contribution < -0.4 is 15.2 Å². The third kappa shape index (κ3) is 3.82. The van der Waals surface area contributed by atoms with E-state index in [9.17, 15) is 19.5 Å². The van der Waals surface area contributed by atoms with Gasteiger partial charge in [-0.2, -0.15) is 0 Å². The molecule has 0 saturated heterocycles. The summed E-state index contributed by atoms with van der Waals surface area (Å²) in [6.07, 6.45) is 2.51. The van der Waals surface area contributed by atoms with Crippen LogP contribution in [0, 0.1) is 0 Å². The van der Waals surface area contributed by atoms with Gasteiger partial charge in [-0.15, -0.1) is 0 Å². The SMILES string of the molecule is CN(C)c1ccc(-c2oc3cc(N(C)CCN4C(=O)C=CC4=O)ccc3c(=O)c2O)cc1. The predicted octanol–water partition coefficient (Wildman–Crippen LogP) is 2.59. The van der Waals surface area contributed by atoms with Crippen LogP contribution in [0.15, 0.2) is 63.8 Å². The van der Waals surface area contributed by atoms with Crippen LogP contribution in [0.2, 0.25) is 0 Å². The maximum Gasteiger partial charge on any atom is 0.253 e. The maximum atomic E-state index is 12.7. The first-order valence-corrected chi connectivity index (χ1v) is 10.1. The molecule has 0 aliphatic carbocycles. The minimum absolute atomic E-state index is 0.104. The van der Waals surface area contributed by atoms with E-state index >= 15 is 0 Å². The van der Waals surface area contributed by atoms with Crippen LogP contribution in [-0.2, 0) is 9.59 Å². The lowest BCUT2D eigenvalue weighted by Crippen LogP contribution is -2.37. The first kappa shape index (κ1) is 21.2. The van der Waals surface area contributed by atoms with E-state index < -0.39 is 11.2 Å². The van der Waals surface area contributed by atoms with Crippen LogP contribution in [0.1, 0.15) is 0 Å². The van der Waals surface area contributed by atoms with E-state index in [2.05, 4.69) is 0 Å². The van der Waals surface area contributed by atoms with Crippen molar-refractivity contribution in [2.24, 2.45) is 0 Å². The third-order valence-corrected chi connectivity index (χ3v) is 5.50. The van der Waals surface area contributed by atoms with E-state index in [1.54, 1.807) is 30.3 Å². The molecule has 0 spiro atoms. The van der Waals surface area contributed by atoms with E-state index in [1.807, 2.05) is 43.1 Å². The van der Waals surface area contributed by atoms with Gasteiger partial charge in [0.25, 0.3) is 11.8 Å². The van der Waals surface area contributed by atoms with Gasteiger partial charge in [0, 0.05) is 69.4 Å².